The highest BCUT2D eigenvalue weighted by molar-refractivity contribution is 7.89. The molecule has 0 aliphatic carbocycles. The lowest BCUT2D eigenvalue weighted by molar-refractivity contribution is -0.122. The van der Waals surface area contributed by atoms with Gasteiger partial charge in [-0.15, -0.1) is 0 Å². The number of rotatable bonds is 5. The molecular weight excluding hydrogens is 328 g/mol. The Morgan fingerprint density at radius 3 is 2.12 bits per heavy atom. The minimum atomic E-state index is -3.75. The van der Waals surface area contributed by atoms with E-state index in [4.69, 9.17) is 9.88 Å². The van der Waals surface area contributed by atoms with Crippen molar-refractivity contribution < 1.29 is 17.9 Å². The maximum Gasteiger partial charge on any atom is 0.265 e. The molecule has 0 fully saturated rings. The van der Waals surface area contributed by atoms with Crippen molar-refractivity contribution in [3.8, 4) is 5.75 Å². The first-order valence-corrected chi connectivity index (χ1v) is 8.89. The summed E-state index contributed by atoms with van der Waals surface area (Å²) in [4.78, 5) is 12.2. The molecule has 128 valence electrons. The summed E-state index contributed by atoms with van der Waals surface area (Å²) >= 11 is 0. The van der Waals surface area contributed by atoms with Gasteiger partial charge in [-0.25, -0.2) is 13.6 Å². The molecule has 24 heavy (non-hydrogen) atoms. The second-order valence-electron chi connectivity index (χ2n) is 5.54. The van der Waals surface area contributed by atoms with Crippen molar-refractivity contribution in [3.63, 3.8) is 0 Å². The third-order valence-corrected chi connectivity index (χ3v) is 4.45. The summed E-state index contributed by atoms with van der Waals surface area (Å²) in [5, 5.41) is 7.72. The highest BCUT2D eigenvalue weighted by atomic mass is 32.2. The van der Waals surface area contributed by atoms with Crippen molar-refractivity contribution in [2.45, 2.75) is 31.8 Å². The smallest absolute Gasteiger partial charge is 0.265 e. The first kappa shape index (κ1) is 18.0. The van der Waals surface area contributed by atoms with E-state index in [2.05, 4.69) is 5.32 Å². The van der Waals surface area contributed by atoms with Crippen LogP contribution in [0.3, 0.4) is 0 Å². The number of amides is 1. The van der Waals surface area contributed by atoms with Crippen LogP contribution in [0.4, 0.5) is 5.69 Å². The largest absolute Gasteiger partial charge is 0.480 e. The molecule has 0 saturated carbocycles. The zero-order valence-corrected chi connectivity index (χ0v) is 14.6. The van der Waals surface area contributed by atoms with E-state index in [1.807, 2.05) is 32.0 Å². The van der Waals surface area contributed by atoms with Crippen LogP contribution in [0, 0.1) is 13.8 Å². The number of nitrogens with one attached hydrogen (secondary N) is 1. The molecule has 3 N–H and O–H groups in total. The monoisotopic (exact) mass is 348 g/mol. The molecule has 0 bridgehead atoms. The maximum atomic E-state index is 12.2. The van der Waals surface area contributed by atoms with Crippen LogP contribution in [0.15, 0.2) is 47.4 Å². The van der Waals surface area contributed by atoms with Crippen LogP contribution in [0.25, 0.3) is 0 Å². The second-order valence-corrected chi connectivity index (χ2v) is 7.10. The van der Waals surface area contributed by atoms with E-state index >= 15 is 0 Å². The van der Waals surface area contributed by atoms with Crippen molar-refractivity contribution in [1.82, 2.24) is 0 Å². The van der Waals surface area contributed by atoms with Gasteiger partial charge in [-0.1, -0.05) is 18.2 Å². The zero-order valence-electron chi connectivity index (χ0n) is 13.7. The lowest BCUT2D eigenvalue weighted by Crippen LogP contribution is -2.30. The van der Waals surface area contributed by atoms with Crippen molar-refractivity contribution in [3.05, 3.63) is 53.6 Å². The average molecular weight is 348 g/mol. The van der Waals surface area contributed by atoms with Gasteiger partial charge in [-0.3, -0.25) is 4.79 Å². The predicted octanol–water partition coefficient (Wildman–Crippen LogP) is 2.36. The first-order chi connectivity index (χ1) is 11.2. The van der Waals surface area contributed by atoms with Gasteiger partial charge in [-0.2, -0.15) is 0 Å². The lowest BCUT2D eigenvalue weighted by Gasteiger charge is -2.18. The molecule has 2 rings (SSSR count). The summed E-state index contributed by atoms with van der Waals surface area (Å²) in [5.41, 5.74) is 2.36. The van der Waals surface area contributed by atoms with Crippen molar-refractivity contribution in [2.24, 2.45) is 5.14 Å². The van der Waals surface area contributed by atoms with Gasteiger partial charge in [-0.05, 0) is 56.2 Å². The molecule has 1 atom stereocenters. The van der Waals surface area contributed by atoms with E-state index in [0.717, 1.165) is 11.1 Å². The van der Waals surface area contributed by atoms with E-state index < -0.39 is 16.1 Å². The minimum Gasteiger partial charge on any atom is -0.480 e. The number of carbonyl (C=O) groups is 1. The van der Waals surface area contributed by atoms with Crippen molar-refractivity contribution in [1.29, 1.82) is 0 Å². The topological polar surface area (TPSA) is 98.5 Å². The van der Waals surface area contributed by atoms with Gasteiger partial charge in [0.1, 0.15) is 5.75 Å². The lowest BCUT2D eigenvalue weighted by atomic mass is 10.1. The minimum absolute atomic E-state index is 0.0136. The fraction of sp³-hybridized carbons (Fsp3) is 0.235. The standard InChI is InChI=1S/C17H20N2O4S/c1-11-5-4-6-12(2)16(11)23-13(3)17(20)19-14-7-9-15(10-8-14)24(18,21)22/h4-10,13H,1-3H3,(H,19,20)(H2,18,21,22)/t13-/m1/s1. The van der Waals surface area contributed by atoms with Crippen LogP contribution in [0.5, 0.6) is 5.75 Å². The number of carbonyl (C=O) groups excluding carboxylic acids is 1. The van der Waals surface area contributed by atoms with Crippen LogP contribution < -0.4 is 15.2 Å². The van der Waals surface area contributed by atoms with Gasteiger partial charge < -0.3 is 10.1 Å². The molecule has 7 heteroatoms. The number of anilines is 1. The van der Waals surface area contributed by atoms with Crippen LogP contribution in [-0.4, -0.2) is 20.4 Å². The molecule has 0 unspecified atom stereocenters. The fourth-order valence-electron chi connectivity index (χ4n) is 2.19. The van der Waals surface area contributed by atoms with Gasteiger partial charge in [0.25, 0.3) is 5.91 Å². The number of primary sulfonamides is 1. The van der Waals surface area contributed by atoms with Gasteiger partial charge in [0, 0.05) is 5.69 Å². The number of sulfonamides is 1. The van der Waals surface area contributed by atoms with Crippen LogP contribution >= 0.6 is 0 Å². The molecule has 0 aliphatic rings. The Hall–Kier alpha value is -2.38. The molecule has 0 saturated heterocycles. The third-order valence-electron chi connectivity index (χ3n) is 3.52. The number of hydrogen-bond donors (Lipinski definition) is 2. The number of para-hydroxylation sites is 1. The SMILES string of the molecule is Cc1cccc(C)c1O[C@H](C)C(=O)Nc1ccc(S(N)(=O)=O)cc1. The molecule has 2 aromatic carbocycles. The Morgan fingerprint density at radius 1 is 1.08 bits per heavy atom. The summed E-state index contributed by atoms with van der Waals surface area (Å²) in [5.74, 6) is 0.353. The molecule has 0 aliphatic heterocycles. The normalized spacial score (nSPS) is 12.5. The van der Waals surface area contributed by atoms with E-state index in [-0.39, 0.29) is 10.8 Å². The quantitative estimate of drug-likeness (QED) is 0.866. The zero-order chi connectivity index (χ0) is 17.9. The van der Waals surface area contributed by atoms with Gasteiger partial charge in [0.05, 0.1) is 4.90 Å². The van der Waals surface area contributed by atoms with Gasteiger partial charge >= 0.3 is 0 Å². The predicted molar refractivity (Wildman–Crippen MR) is 92.5 cm³/mol. The highest BCUT2D eigenvalue weighted by Crippen LogP contribution is 2.24. The number of nitrogens with two attached hydrogens (primary N) is 1. The highest BCUT2D eigenvalue weighted by Gasteiger charge is 2.17. The Kier molecular flexibility index (Phi) is 5.26. The summed E-state index contributed by atoms with van der Waals surface area (Å²) in [7, 11) is -3.75. The molecule has 2 aromatic rings. The van der Waals surface area contributed by atoms with E-state index in [1.54, 1.807) is 6.92 Å². The van der Waals surface area contributed by atoms with Crippen LogP contribution in [-0.2, 0) is 14.8 Å². The molecule has 0 spiro atoms. The molecule has 0 heterocycles. The summed E-state index contributed by atoms with van der Waals surface area (Å²) in [6.07, 6.45) is -0.706. The Labute approximate surface area is 141 Å². The number of ether oxygens (including phenoxy) is 1. The summed E-state index contributed by atoms with van der Waals surface area (Å²) in [6.45, 7) is 5.48. The molecule has 1 amide bonds. The summed E-state index contributed by atoms with van der Waals surface area (Å²) < 4.78 is 28.2. The Bertz CT molecular complexity index is 825. The molecule has 0 aromatic heterocycles. The fourth-order valence-corrected chi connectivity index (χ4v) is 2.70. The number of aryl methyl sites for hydroxylation is 2. The van der Waals surface area contributed by atoms with E-state index in [1.165, 1.54) is 24.3 Å². The third kappa shape index (κ3) is 4.33. The average Bonchev–Trinajstić information content (AvgIpc) is 2.50. The first-order valence-electron chi connectivity index (χ1n) is 7.35. The Morgan fingerprint density at radius 2 is 1.62 bits per heavy atom. The van der Waals surface area contributed by atoms with Gasteiger partial charge in [0.15, 0.2) is 6.10 Å². The van der Waals surface area contributed by atoms with Gasteiger partial charge in [0.2, 0.25) is 10.0 Å². The maximum absolute atomic E-state index is 12.2. The van der Waals surface area contributed by atoms with E-state index in [9.17, 15) is 13.2 Å². The van der Waals surface area contributed by atoms with Crippen molar-refractivity contribution >= 4 is 21.6 Å². The molecular formula is C17H20N2O4S. The van der Waals surface area contributed by atoms with Crippen molar-refractivity contribution in [2.75, 3.05) is 5.32 Å². The van der Waals surface area contributed by atoms with Crippen LogP contribution in [0.2, 0.25) is 0 Å². The number of hydrogen-bond acceptors (Lipinski definition) is 4. The number of benzene rings is 2. The Balaban J connectivity index is 2.06. The summed E-state index contributed by atoms with van der Waals surface area (Å²) in [6, 6.07) is 11.4. The second kappa shape index (κ2) is 7.02. The van der Waals surface area contributed by atoms with E-state index in [0.29, 0.717) is 11.4 Å². The molecule has 6 nitrogen and oxygen atoms in total. The molecule has 0 radical (unpaired) electrons. The van der Waals surface area contributed by atoms with Crippen LogP contribution in [0.1, 0.15) is 18.1 Å².